The van der Waals surface area contributed by atoms with Crippen molar-refractivity contribution in [1.82, 2.24) is 5.32 Å². The number of carbonyl (C=O) groups is 5. The molecule has 288 valence electrons. The number of halogens is 5. The number of thioether (sulfide) groups is 1. The molecule has 1 heterocycles. The summed E-state index contributed by atoms with van der Waals surface area (Å²) >= 11 is 0.636. The summed E-state index contributed by atoms with van der Waals surface area (Å²) in [5, 5.41) is 2.19. The number of rotatable bonds is 11. The predicted molar refractivity (Wildman–Crippen MR) is 177 cm³/mol. The Morgan fingerprint density at radius 3 is 1.74 bits per heavy atom. The zero-order valence-electron chi connectivity index (χ0n) is 28.9. The van der Waals surface area contributed by atoms with Crippen LogP contribution >= 0.6 is 11.8 Å². The van der Waals surface area contributed by atoms with E-state index in [1.165, 1.54) is 6.92 Å². The molecule has 1 fully saturated rings. The molecule has 0 unspecified atom stereocenters. The van der Waals surface area contributed by atoms with Gasteiger partial charge in [-0.3, -0.25) is 14.4 Å². The number of benzene rings is 3. The molecule has 12 nitrogen and oxygen atoms in total. The number of carbonyl (C=O) groups excluding carboxylic acids is 5. The van der Waals surface area contributed by atoms with E-state index in [9.17, 15) is 45.9 Å². The van der Waals surface area contributed by atoms with Gasteiger partial charge in [-0.25, -0.2) is 22.8 Å². The number of hydrogen-bond acceptors (Lipinski definition) is 12. The first-order valence-electron chi connectivity index (χ1n) is 16.2. The van der Waals surface area contributed by atoms with Crippen molar-refractivity contribution >= 4 is 41.7 Å². The Kier molecular flexibility index (Phi) is 12.5. The van der Waals surface area contributed by atoms with Crippen LogP contribution in [0.1, 0.15) is 44.7 Å². The minimum atomic E-state index is -2.50. The van der Waals surface area contributed by atoms with Gasteiger partial charge in [0.15, 0.2) is 18.3 Å². The second-order valence-electron chi connectivity index (χ2n) is 12.1. The highest BCUT2D eigenvalue weighted by atomic mass is 32.2. The third kappa shape index (κ3) is 8.59. The highest BCUT2D eigenvalue weighted by Gasteiger charge is 2.51. The van der Waals surface area contributed by atoms with Gasteiger partial charge in [-0.15, -0.1) is 11.8 Å². The minimum Gasteiger partial charge on any atom is -0.456 e. The van der Waals surface area contributed by atoms with Gasteiger partial charge in [-0.2, -0.15) is 8.78 Å². The topological polar surface area (TPSA) is 153 Å². The molecule has 1 aliphatic carbocycles. The quantitative estimate of drug-likeness (QED) is 0.0656. The molecule has 1 aliphatic heterocycles. The van der Waals surface area contributed by atoms with Crippen molar-refractivity contribution < 1.29 is 74.3 Å². The number of nitrogens with one attached hydrogen (secondary N) is 1. The monoisotopic (exact) mass is 781 g/mol. The normalized spacial score (nSPS) is 20.9. The molecule has 54 heavy (non-hydrogen) atoms. The van der Waals surface area contributed by atoms with E-state index in [4.69, 9.17) is 23.7 Å². The van der Waals surface area contributed by atoms with E-state index in [0.717, 1.165) is 43.0 Å². The van der Waals surface area contributed by atoms with E-state index in [1.54, 1.807) is 12.1 Å². The molecule has 1 amide bonds. The number of amides is 1. The molecule has 1 saturated heterocycles. The van der Waals surface area contributed by atoms with Gasteiger partial charge in [0.2, 0.25) is 34.8 Å². The van der Waals surface area contributed by atoms with E-state index in [-0.39, 0.29) is 6.61 Å². The molecule has 18 heteroatoms. The first-order chi connectivity index (χ1) is 25.6. The van der Waals surface area contributed by atoms with Crippen molar-refractivity contribution in [3.05, 3.63) is 88.7 Å². The molecule has 3 aromatic carbocycles. The molecule has 2 aliphatic rings. The maximum Gasteiger partial charge on any atom is 0.407 e. The summed E-state index contributed by atoms with van der Waals surface area (Å²) in [6, 6.07) is 12.8. The Hall–Kier alpha value is -5.23. The molecule has 0 saturated carbocycles. The lowest BCUT2D eigenvalue weighted by Crippen LogP contribution is -2.60. The van der Waals surface area contributed by atoms with Gasteiger partial charge in [0.05, 0.1) is 6.10 Å². The molecule has 5 rings (SSSR count). The maximum absolute atomic E-state index is 14.5. The van der Waals surface area contributed by atoms with Crippen molar-refractivity contribution in [1.29, 1.82) is 0 Å². The first kappa shape index (κ1) is 40.0. The van der Waals surface area contributed by atoms with Crippen LogP contribution in [0, 0.1) is 29.1 Å². The zero-order chi connectivity index (χ0) is 39.4. The van der Waals surface area contributed by atoms with E-state index in [2.05, 4.69) is 10.1 Å². The molecule has 1 N–H and O–H groups in total. The standard InChI is InChI=1S/C36H32F5NO11S/c1-15-30(50-16(2)43)32(51-17(3)44)33(52-18(4)45)35(49-15)54-14-24(34(46)53-31-28(40)26(38)25(37)27(39)29(31)41)42-36(47)48-13-23-21-11-7-5-9-19(21)20-10-6-8-12-22(20)23/h5-12,15,23-24,30,32-33,35H,13-14H2,1-4H3,(H,42,47)/t15-,24-,30+,32+,33-,35+/m0/s1. The lowest BCUT2D eigenvalue weighted by Gasteiger charge is -2.43. The number of alkyl carbamates (subject to hydrolysis) is 1. The van der Waals surface area contributed by atoms with Gasteiger partial charge < -0.3 is 33.7 Å². The number of ether oxygens (including phenoxy) is 6. The van der Waals surface area contributed by atoms with Crippen LogP contribution in [0.4, 0.5) is 26.7 Å². The highest BCUT2D eigenvalue weighted by molar-refractivity contribution is 7.99. The van der Waals surface area contributed by atoms with E-state index >= 15 is 0 Å². The lowest BCUT2D eigenvalue weighted by molar-refractivity contribution is -0.229. The van der Waals surface area contributed by atoms with Crippen LogP contribution in [-0.4, -0.2) is 78.2 Å². The Morgan fingerprint density at radius 1 is 0.722 bits per heavy atom. The average Bonchev–Trinajstić information content (AvgIpc) is 3.45. The second-order valence-corrected chi connectivity index (χ2v) is 13.2. The molecular formula is C36H32F5NO11S. The van der Waals surface area contributed by atoms with Crippen LogP contribution in [-0.2, 0) is 42.9 Å². The Bertz CT molecular complexity index is 1890. The Morgan fingerprint density at radius 2 is 1.20 bits per heavy atom. The van der Waals surface area contributed by atoms with Gasteiger partial charge in [-0.1, -0.05) is 48.5 Å². The summed E-state index contributed by atoms with van der Waals surface area (Å²) in [4.78, 5) is 62.7. The summed E-state index contributed by atoms with van der Waals surface area (Å²) in [6.07, 6.45) is -6.49. The Labute approximate surface area is 308 Å². The van der Waals surface area contributed by atoms with Crippen LogP contribution in [0.2, 0.25) is 0 Å². The third-order valence-electron chi connectivity index (χ3n) is 8.35. The maximum atomic E-state index is 14.5. The molecule has 0 radical (unpaired) electrons. The first-order valence-corrected chi connectivity index (χ1v) is 17.3. The fraction of sp³-hybridized carbons (Fsp3) is 0.361. The zero-order valence-corrected chi connectivity index (χ0v) is 29.7. The predicted octanol–water partition coefficient (Wildman–Crippen LogP) is 5.47. The van der Waals surface area contributed by atoms with Gasteiger partial charge in [0.25, 0.3) is 0 Å². The molecule has 6 atom stereocenters. The van der Waals surface area contributed by atoms with Crippen molar-refractivity contribution in [3.8, 4) is 16.9 Å². The molecular weight excluding hydrogens is 749 g/mol. The van der Waals surface area contributed by atoms with Crippen LogP contribution in [0.3, 0.4) is 0 Å². The van der Waals surface area contributed by atoms with E-state index in [1.807, 2.05) is 36.4 Å². The Balaban J connectivity index is 1.40. The third-order valence-corrected chi connectivity index (χ3v) is 9.59. The van der Waals surface area contributed by atoms with Gasteiger partial charge in [-0.05, 0) is 29.2 Å². The second kappa shape index (κ2) is 16.8. The van der Waals surface area contributed by atoms with Crippen LogP contribution in [0.25, 0.3) is 11.1 Å². The van der Waals surface area contributed by atoms with Crippen LogP contribution < -0.4 is 10.1 Å². The number of esters is 4. The molecule has 0 spiro atoms. The summed E-state index contributed by atoms with van der Waals surface area (Å²) < 4.78 is 103. The highest BCUT2D eigenvalue weighted by Crippen LogP contribution is 2.44. The van der Waals surface area contributed by atoms with Gasteiger partial charge >= 0.3 is 30.0 Å². The fourth-order valence-corrected chi connectivity index (χ4v) is 7.35. The minimum absolute atomic E-state index is 0.244. The van der Waals surface area contributed by atoms with Crippen molar-refractivity contribution in [2.24, 2.45) is 0 Å². The van der Waals surface area contributed by atoms with Gasteiger partial charge in [0.1, 0.15) is 18.1 Å². The van der Waals surface area contributed by atoms with Crippen molar-refractivity contribution in [2.45, 2.75) is 69.5 Å². The summed E-state index contributed by atoms with van der Waals surface area (Å²) in [7, 11) is 0. The summed E-state index contributed by atoms with van der Waals surface area (Å²) in [5.74, 6) is -19.4. The largest absolute Gasteiger partial charge is 0.456 e. The SMILES string of the molecule is CC(=O)O[C@@H]1[C@H](OC(C)=O)[C@H](C)O[C@H](SC[C@H](NC(=O)OCC2c3ccccc3-c3ccccc32)C(=O)Oc2c(F)c(F)c(F)c(F)c2F)[C@H]1OC(C)=O. The molecule has 0 aromatic heterocycles. The molecule has 0 bridgehead atoms. The van der Waals surface area contributed by atoms with Crippen molar-refractivity contribution in [3.63, 3.8) is 0 Å². The van der Waals surface area contributed by atoms with Gasteiger partial charge in [0, 0.05) is 32.4 Å². The summed E-state index contributed by atoms with van der Waals surface area (Å²) in [6.45, 7) is 4.34. The number of fused-ring (bicyclic) bond motifs is 3. The molecule has 3 aromatic rings. The van der Waals surface area contributed by atoms with E-state index < -0.39 is 112 Å². The summed E-state index contributed by atoms with van der Waals surface area (Å²) in [5.41, 5.74) is 2.18. The smallest absolute Gasteiger partial charge is 0.407 e. The van der Waals surface area contributed by atoms with E-state index in [0.29, 0.717) is 11.8 Å². The fourth-order valence-electron chi connectivity index (χ4n) is 6.09. The average molecular weight is 782 g/mol. The van der Waals surface area contributed by atoms with Crippen molar-refractivity contribution in [2.75, 3.05) is 12.4 Å². The lowest BCUT2D eigenvalue weighted by atomic mass is 9.98. The number of hydrogen-bond donors (Lipinski definition) is 1. The van der Waals surface area contributed by atoms with Crippen LogP contribution in [0.5, 0.6) is 5.75 Å². The van der Waals surface area contributed by atoms with Crippen LogP contribution in [0.15, 0.2) is 48.5 Å².